The van der Waals surface area contributed by atoms with E-state index >= 15 is 0 Å². The Hall–Kier alpha value is -0.120. The summed E-state index contributed by atoms with van der Waals surface area (Å²) in [6, 6.07) is 0. The zero-order chi connectivity index (χ0) is 10.5. The van der Waals surface area contributed by atoms with Crippen molar-refractivity contribution < 1.29 is 5.11 Å². The van der Waals surface area contributed by atoms with Crippen LogP contribution in [0.5, 0.6) is 0 Å². The highest BCUT2D eigenvalue weighted by molar-refractivity contribution is 4.79. The zero-order valence-electron chi connectivity index (χ0n) is 9.62. The molecule has 1 aliphatic carbocycles. The molecule has 1 heterocycles. The van der Waals surface area contributed by atoms with Crippen LogP contribution in [0.25, 0.3) is 0 Å². The number of aliphatic hydroxyl groups excluding tert-OH is 1. The Bertz CT molecular complexity index is 180. The summed E-state index contributed by atoms with van der Waals surface area (Å²) in [5, 5.41) is 12.7. The molecule has 2 aliphatic rings. The summed E-state index contributed by atoms with van der Waals surface area (Å²) < 4.78 is 0. The average molecular weight is 212 g/mol. The van der Waals surface area contributed by atoms with Crippen LogP contribution in [0.1, 0.15) is 25.7 Å². The monoisotopic (exact) mass is 212 g/mol. The van der Waals surface area contributed by atoms with E-state index in [1.165, 1.54) is 45.3 Å². The molecule has 2 N–H and O–H groups in total. The zero-order valence-corrected chi connectivity index (χ0v) is 9.62. The third-order valence-corrected chi connectivity index (χ3v) is 4.00. The highest BCUT2D eigenvalue weighted by atomic mass is 16.3. The Balaban J connectivity index is 1.79. The largest absolute Gasteiger partial charge is 0.396 e. The lowest BCUT2D eigenvalue weighted by Gasteiger charge is -2.36. The van der Waals surface area contributed by atoms with Crippen molar-refractivity contribution in [2.45, 2.75) is 25.7 Å². The van der Waals surface area contributed by atoms with Gasteiger partial charge in [-0.2, -0.15) is 0 Å². The molecular formula is C12H24N2O. The van der Waals surface area contributed by atoms with E-state index in [2.05, 4.69) is 10.2 Å². The van der Waals surface area contributed by atoms with Gasteiger partial charge in [-0.15, -0.1) is 0 Å². The number of aliphatic hydroxyl groups is 1. The molecule has 0 aromatic carbocycles. The molecule has 0 radical (unpaired) electrons. The minimum Gasteiger partial charge on any atom is -0.396 e. The van der Waals surface area contributed by atoms with E-state index in [0.29, 0.717) is 12.5 Å². The van der Waals surface area contributed by atoms with Crippen LogP contribution >= 0.6 is 0 Å². The summed E-state index contributed by atoms with van der Waals surface area (Å²) in [6.07, 6.45) is 5.26. The van der Waals surface area contributed by atoms with Gasteiger partial charge in [-0.3, -0.25) is 0 Å². The van der Waals surface area contributed by atoms with Crippen LogP contribution < -0.4 is 5.32 Å². The first-order valence-corrected chi connectivity index (χ1v) is 6.44. The van der Waals surface area contributed by atoms with Crippen molar-refractivity contribution in [2.24, 2.45) is 11.8 Å². The second-order valence-electron chi connectivity index (χ2n) is 5.04. The van der Waals surface area contributed by atoms with Gasteiger partial charge < -0.3 is 15.3 Å². The minimum atomic E-state index is 0.400. The molecule has 2 unspecified atom stereocenters. The molecule has 0 spiro atoms. The quantitative estimate of drug-likeness (QED) is 0.722. The Morgan fingerprint density at radius 2 is 1.73 bits per heavy atom. The fourth-order valence-electron chi connectivity index (χ4n) is 2.99. The van der Waals surface area contributed by atoms with Gasteiger partial charge >= 0.3 is 0 Å². The average Bonchev–Trinajstić information content (AvgIpc) is 2.31. The fourth-order valence-corrected chi connectivity index (χ4v) is 2.99. The number of nitrogens with one attached hydrogen (secondary N) is 1. The first-order chi connectivity index (χ1) is 7.40. The first kappa shape index (κ1) is 11.4. The highest BCUT2D eigenvalue weighted by Crippen LogP contribution is 2.30. The smallest absolute Gasteiger partial charge is 0.0462 e. The normalized spacial score (nSPS) is 34.2. The van der Waals surface area contributed by atoms with Crippen molar-refractivity contribution in [2.75, 3.05) is 39.3 Å². The van der Waals surface area contributed by atoms with Crippen LogP contribution in [0, 0.1) is 11.8 Å². The van der Waals surface area contributed by atoms with Gasteiger partial charge in [0.05, 0.1) is 0 Å². The topological polar surface area (TPSA) is 35.5 Å². The standard InChI is InChI=1S/C12H24N2O/c15-10-12-4-2-1-3-11(12)9-14-7-5-13-6-8-14/h11-13,15H,1-10H2. The van der Waals surface area contributed by atoms with Crippen molar-refractivity contribution in [3.05, 3.63) is 0 Å². The number of piperazine rings is 1. The Kier molecular flexibility index (Phi) is 4.42. The van der Waals surface area contributed by atoms with E-state index in [4.69, 9.17) is 0 Å². The maximum Gasteiger partial charge on any atom is 0.0462 e. The van der Waals surface area contributed by atoms with E-state index in [0.717, 1.165) is 19.0 Å². The van der Waals surface area contributed by atoms with Crippen molar-refractivity contribution in [3.63, 3.8) is 0 Å². The lowest BCUT2D eigenvalue weighted by molar-refractivity contribution is 0.0947. The van der Waals surface area contributed by atoms with Crippen LogP contribution in [-0.4, -0.2) is 49.3 Å². The minimum absolute atomic E-state index is 0.400. The second-order valence-corrected chi connectivity index (χ2v) is 5.04. The molecule has 2 rings (SSSR count). The molecule has 3 heteroatoms. The third kappa shape index (κ3) is 3.16. The van der Waals surface area contributed by atoms with Crippen molar-refractivity contribution in [1.29, 1.82) is 0 Å². The Labute approximate surface area is 92.8 Å². The van der Waals surface area contributed by atoms with Crippen LogP contribution in [-0.2, 0) is 0 Å². The van der Waals surface area contributed by atoms with Gasteiger partial charge in [0.25, 0.3) is 0 Å². The van der Waals surface area contributed by atoms with E-state index in [-0.39, 0.29) is 0 Å². The molecule has 2 atom stereocenters. The van der Waals surface area contributed by atoms with Gasteiger partial charge in [-0.25, -0.2) is 0 Å². The van der Waals surface area contributed by atoms with Gasteiger partial charge in [0, 0.05) is 39.3 Å². The van der Waals surface area contributed by atoms with E-state index in [1.54, 1.807) is 0 Å². The number of hydrogen-bond acceptors (Lipinski definition) is 3. The van der Waals surface area contributed by atoms with E-state index < -0.39 is 0 Å². The van der Waals surface area contributed by atoms with Gasteiger partial charge in [-0.05, 0) is 24.7 Å². The van der Waals surface area contributed by atoms with Crippen LogP contribution in [0.15, 0.2) is 0 Å². The molecule has 88 valence electrons. The summed E-state index contributed by atoms with van der Waals surface area (Å²) in [6.45, 7) is 6.26. The highest BCUT2D eigenvalue weighted by Gasteiger charge is 2.26. The van der Waals surface area contributed by atoms with Crippen LogP contribution in [0.3, 0.4) is 0 Å². The van der Waals surface area contributed by atoms with Crippen molar-refractivity contribution in [1.82, 2.24) is 10.2 Å². The second kappa shape index (κ2) is 5.83. The SMILES string of the molecule is OCC1CCCCC1CN1CCNCC1. The molecule has 15 heavy (non-hydrogen) atoms. The van der Waals surface area contributed by atoms with E-state index in [9.17, 15) is 5.11 Å². The molecule has 1 aliphatic heterocycles. The van der Waals surface area contributed by atoms with Crippen molar-refractivity contribution >= 4 is 0 Å². The van der Waals surface area contributed by atoms with Gasteiger partial charge in [-0.1, -0.05) is 12.8 Å². The first-order valence-electron chi connectivity index (χ1n) is 6.44. The molecule has 0 aromatic rings. The Morgan fingerprint density at radius 1 is 1.07 bits per heavy atom. The molecule has 1 saturated heterocycles. The number of rotatable bonds is 3. The molecule has 2 fully saturated rings. The van der Waals surface area contributed by atoms with Crippen LogP contribution in [0.2, 0.25) is 0 Å². The molecule has 3 nitrogen and oxygen atoms in total. The number of hydrogen-bond donors (Lipinski definition) is 2. The maximum atomic E-state index is 9.36. The molecule has 0 aromatic heterocycles. The molecular weight excluding hydrogens is 188 g/mol. The molecule has 0 bridgehead atoms. The Morgan fingerprint density at radius 3 is 2.40 bits per heavy atom. The van der Waals surface area contributed by atoms with E-state index in [1.807, 2.05) is 0 Å². The van der Waals surface area contributed by atoms with Crippen LogP contribution in [0.4, 0.5) is 0 Å². The number of nitrogens with zero attached hydrogens (tertiary/aromatic N) is 1. The summed E-state index contributed by atoms with van der Waals surface area (Å²) in [5.74, 6) is 1.33. The third-order valence-electron chi connectivity index (χ3n) is 4.00. The molecule has 1 saturated carbocycles. The summed E-state index contributed by atoms with van der Waals surface area (Å²) in [4.78, 5) is 2.56. The summed E-state index contributed by atoms with van der Waals surface area (Å²) in [7, 11) is 0. The lowest BCUT2D eigenvalue weighted by Crippen LogP contribution is -2.46. The lowest BCUT2D eigenvalue weighted by atomic mass is 9.79. The summed E-state index contributed by atoms with van der Waals surface area (Å²) in [5.41, 5.74) is 0. The van der Waals surface area contributed by atoms with Gasteiger partial charge in [0.2, 0.25) is 0 Å². The van der Waals surface area contributed by atoms with Gasteiger partial charge in [0.15, 0.2) is 0 Å². The van der Waals surface area contributed by atoms with Crippen molar-refractivity contribution in [3.8, 4) is 0 Å². The molecule has 0 amide bonds. The summed E-state index contributed by atoms with van der Waals surface area (Å²) >= 11 is 0. The van der Waals surface area contributed by atoms with Gasteiger partial charge in [0.1, 0.15) is 0 Å². The maximum absolute atomic E-state index is 9.36. The predicted molar refractivity (Wildman–Crippen MR) is 61.8 cm³/mol. The predicted octanol–water partition coefficient (Wildman–Crippen LogP) is 0.690. The fraction of sp³-hybridized carbons (Fsp3) is 1.00.